The number of thioether (sulfide) groups is 1. The third kappa shape index (κ3) is 8.44. The summed E-state index contributed by atoms with van der Waals surface area (Å²) in [5.41, 5.74) is -1.21. The fourth-order valence-corrected chi connectivity index (χ4v) is 27.1. The summed E-state index contributed by atoms with van der Waals surface area (Å²) in [6.07, 6.45) is 18.9. The first-order chi connectivity index (χ1) is 35.3. The molecule has 17 unspecified atom stereocenters. The number of ether oxygens (including phenoxy) is 3. The summed E-state index contributed by atoms with van der Waals surface area (Å²) in [5, 5.41) is 11.8. The van der Waals surface area contributed by atoms with Crippen LogP contribution < -0.4 is 21.2 Å². The molecule has 14 fully saturated rings. The van der Waals surface area contributed by atoms with Crippen LogP contribution in [-0.2, 0) is 23.8 Å². The summed E-state index contributed by atoms with van der Waals surface area (Å²) in [5.74, 6) is 10.8. The maximum absolute atomic E-state index is 15.3. The Hall–Kier alpha value is -1.62. The number of aliphatic hydroxyl groups is 1. The zero-order valence-electron chi connectivity index (χ0n) is 46.0. The van der Waals surface area contributed by atoms with Gasteiger partial charge in [-0.3, -0.25) is 9.59 Å². The Labute approximate surface area is 459 Å². The van der Waals surface area contributed by atoms with E-state index in [2.05, 4.69) is 103 Å². The lowest BCUT2D eigenvalue weighted by Gasteiger charge is -2.59. The molecule has 74 heavy (non-hydrogen) atoms. The zero-order valence-corrected chi connectivity index (χ0v) is 49.0. The molecule has 0 heterocycles. The second-order valence-electron chi connectivity index (χ2n) is 30.8. The van der Waals surface area contributed by atoms with Gasteiger partial charge in [-0.25, -0.2) is 0 Å². The predicted molar refractivity (Wildman–Crippen MR) is 286 cm³/mol. The van der Waals surface area contributed by atoms with Gasteiger partial charge in [0.05, 0.1) is 35.0 Å². The van der Waals surface area contributed by atoms with Gasteiger partial charge in [0.25, 0.3) is 0 Å². The molecule has 0 spiro atoms. The van der Waals surface area contributed by atoms with E-state index in [1.165, 1.54) is 63.4 Å². The molecule has 8 heteroatoms. The lowest BCUT2D eigenvalue weighted by Crippen LogP contribution is -3.61. The molecule has 16 rings (SSSR count). The average Bonchev–Trinajstić information content (AvgIpc) is 4.22. The number of carbonyl (C=O) groups is 2. The molecule has 0 saturated heterocycles. The van der Waals surface area contributed by atoms with E-state index in [9.17, 15) is 5.11 Å². The lowest BCUT2D eigenvalue weighted by molar-refractivity contribution is -0.601. The number of hydrogen-bond donors (Lipinski definition) is 1. The number of esters is 2. The molecule has 0 amide bonds. The molecule has 0 aliphatic heterocycles. The highest BCUT2D eigenvalue weighted by Crippen LogP contribution is 2.74. The van der Waals surface area contributed by atoms with Crippen LogP contribution in [0.3, 0.4) is 0 Å². The Kier molecular flexibility index (Phi) is 12.4. The molecule has 2 aromatic carbocycles. The standard InChI is InChI=1S/C66H90IO6S/c1-62(2,3)58-42-28-47(49(29-42)60(68)72-64(7)43-21-36-19-37(23-43)24-44(64)22-36)57(58)54-40-25-46(48(26-40)61(69)73-66-33-38-20-39(34-66)32-65(70,31-38)35-66)56(54)55-41-27-50(59(55)63(4,5)6)52(30-41)71-17-18-74-53-16-12-11-15-51(53)67-45-13-9-8-10-14-45/h8-16,36-44,46-50,52,54-59,70H,17-35H2,1-7H3/q+1. The van der Waals surface area contributed by atoms with E-state index in [0.717, 1.165) is 75.6 Å². The first kappa shape index (κ1) is 50.6. The van der Waals surface area contributed by atoms with Crippen molar-refractivity contribution in [3.05, 3.63) is 61.7 Å². The van der Waals surface area contributed by atoms with Gasteiger partial charge < -0.3 is 19.3 Å². The summed E-state index contributed by atoms with van der Waals surface area (Å²) in [4.78, 5) is 31.9. The van der Waals surface area contributed by atoms with Gasteiger partial charge in [-0.2, -0.15) is 0 Å². The second kappa shape index (κ2) is 18.2. The van der Waals surface area contributed by atoms with Crippen molar-refractivity contribution in [2.75, 3.05) is 12.4 Å². The van der Waals surface area contributed by atoms with Crippen molar-refractivity contribution in [2.24, 2.45) is 129 Å². The molecular weight excluding hydrogens is 1050 g/mol. The van der Waals surface area contributed by atoms with Crippen LogP contribution in [0.5, 0.6) is 0 Å². The van der Waals surface area contributed by atoms with Crippen LogP contribution in [0.15, 0.2) is 59.5 Å². The Morgan fingerprint density at radius 3 is 1.86 bits per heavy atom. The Morgan fingerprint density at radius 1 is 0.608 bits per heavy atom. The second-order valence-corrected chi connectivity index (χ2v) is 34.9. The van der Waals surface area contributed by atoms with Gasteiger partial charge >= 0.3 is 33.1 Å². The van der Waals surface area contributed by atoms with Crippen molar-refractivity contribution in [2.45, 2.75) is 185 Å². The normalized spacial score (nSPS) is 48.8. The largest absolute Gasteiger partial charge is 0.459 e. The van der Waals surface area contributed by atoms with Gasteiger partial charge in [-0.05, 0) is 251 Å². The molecule has 14 aliphatic rings. The van der Waals surface area contributed by atoms with Crippen molar-refractivity contribution in [3.63, 3.8) is 0 Å². The molecule has 2 aromatic rings. The van der Waals surface area contributed by atoms with Gasteiger partial charge in [0, 0.05) is 12.2 Å². The number of fused-ring (bicyclic) bond motifs is 6. The van der Waals surface area contributed by atoms with E-state index in [1.807, 2.05) is 11.8 Å². The minimum Gasteiger partial charge on any atom is -0.459 e. The molecule has 14 saturated carbocycles. The quantitative estimate of drug-likeness (QED) is 0.0926. The topological polar surface area (TPSA) is 82.1 Å². The van der Waals surface area contributed by atoms with Crippen molar-refractivity contribution in [1.82, 2.24) is 0 Å². The Bertz CT molecular complexity index is 2430. The van der Waals surface area contributed by atoms with Gasteiger partial charge in [0.2, 0.25) is 3.57 Å². The van der Waals surface area contributed by atoms with E-state index in [0.29, 0.717) is 101 Å². The molecule has 0 aromatic heterocycles. The zero-order chi connectivity index (χ0) is 50.8. The van der Waals surface area contributed by atoms with Crippen LogP contribution in [0, 0.1) is 136 Å². The van der Waals surface area contributed by atoms with Crippen LogP contribution in [0.1, 0.15) is 158 Å². The van der Waals surface area contributed by atoms with Crippen molar-refractivity contribution in [1.29, 1.82) is 0 Å². The highest BCUT2D eigenvalue weighted by atomic mass is 127. The summed E-state index contributed by atoms with van der Waals surface area (Å²) >= 11 is 1.74. The summed E-state index contributed by atoms with van der Waals surface area (Å²) in [7, 11) is 0. The highest BCUT2D eigenvalue weighted by molar-refractivity contribution is 7.99. The number of rotatable bonds is 13. The Morgan fingerprint density at radius 2 is 1.19 bits per heavy atom. The first-order valence-corrected chi connectivity index (χ1v) is 33.7. The fraction of sp³-hybridized carbons (Fsp3) is 0.788. The van der Waals surface area contributed by atoms with E-state index in [-0.39, 0.29) is 67.5 Å². The lowest BCUT2D eigenvalue weighted by atomic mass is 9.50. The molecular formula is C66H90IO6S+. The van der Waals surface area contributed by atoms with Gasteiger partial charge in [-0.15, -0.1) is 11.8 Å². The van der Waals surface area contributed by atoms with Gasteiger partial charge in [0.1, 0.15) is 11.2 Å². The van der Waals surface area contributed by atoms with Gasteiger partial charge in [-0.1, -0.05) is 71.9 Å². The fourth-order valence-electron chi connectivity index (χ4n) is 23.3. The summed E-state index contributed by atoms with van der Waals surface area (Å²) < 4.78 is 24.3. The minimum absolute atomic E-state index is 0.00119. The number of benzene rings is 2. The van der Waals surface area contributed by atoms with E-state index >= 15 is 9.59 Å². The Balaban J connectivity index is 0.749. The number of hydrogen-bond acceptors (Lipinski definition) is 7. The van der Waals surface area contributed by atoms with E-state index < -0.39 is 11.2 Å². The maximum Gasteiger partial charge on any atom is 0.359 e. The number of halogens is 1. The SMILES string of the molecule is CC(C)(C)C1C2CC(C(=O)OC3(C)C4CC5CC(C4)CC3C5)C(C2)C1C1C2CC(C(=O)OC34CC5CC(CC(O)(C5)C3)C4)C(C2)C1C1C2CC(OCCSc3ccccc3[I+]c3ccccc3)C(C2)C1C(C)(C)C. The summed E-state index contributed by atoms with van der Waals surface area (Å²) in [6.45, 7) is 18.3. The highest BCUT2D eigenvalue weighted by Gasteiger charge is 2.71. The van der Waals surface area contributed by atoms with Crippen LogP contribution >= 0.6 is 11.8 Å². The first-order valence-electron chi connectivity index (χ1n) is 30.5. The van der Waals surface area contributed by atoms with E-state index in [1.54, 1.807) is 0 Å². The van der Waals surface area contributed by atoms with Gasteiger partial charge in [0.15, 0.2) is 3.57 Å². The van der Waals surface area contributed by atoms with Crippen LogP contribution in [-0.4, -0.2) is 52.3 Å². The minimum atomic E-state index is -0.657. The third-order valence-corrected chi connectivity index (χ3v) is 28.8. The smallest absolute Gasteiger partial charge is 0.359 e. The molecule has 14 aliphatic carbocycles. The maximum atomic E-state index is 15.3. The van der Waals surface area contributed by atoms with E-state index in [4.69, 9.17) is 14.2 Å². The van der Waals surface area contributed by atoms with Crippen LogP contribution in [0.2, 0.25) is 0 Å². The van der Waals surface area contributed by atoms with Crippen LogP contribution in [0.25, 0.3) is 0 Å². The molecule has 17 atom stereocenters. The average molecular weight is 1140 g/mol. The molecule has 6 nitrogen and oxygen atoms in total. The number of carbonyl (C=O) groups excluding carboxylic acids is 2. The predicted octanol–water partition coefficient (Wildman–Crippen LogP) is 10.8. The third-order valence-electron chi connectivity index (χ3n) is 24.5. The monoisotopic (exact) mass is 1140 g/mol. The molecule has 14 bridgehead atoms. The molecule has 0 radical (unpaired) electrons. The van der Waals surface area contributed by atoms with Crippen molar-refractivity contribution in [3.8, 4) is 0 Å². The van der Waals surface area contributed by atoms with Crippen LogP contribution in [0.4, 0.5) is 0 Å². The summed E-state index contributed by atoms with van der Waals surface area (Å²) in [6, 6.07) is 20.1. The molecule has 402 valence electrons. The van der Waals surface area contributed by atoms with Crippen molar-refractivity contribution >= 4 is 23.7 Å². The van der Waals surface area contributed by atoms with Crippen molar-refractivity contribution < 1.29 is 50.1 Å². The molecule has 1 N–H and O–H groups in total.